The summed E-state index contributed by atoms with van der Waals surface area (Å²) in [4.78, 5) is 34.5. The van der Waals surface area contributed by atoms with Crippen LogP contribution in [0, 0.1) is 6.92 Å². The Morgan fingerprint density at radius 3 is 2.31 bits per heavy atom. The third-order valence-corrected chi connectivity index (χ3v) is 6.29. The molecule has 2 N–H and O–H groups in total. The first-order valence-corrected chi connectivity index (χ1v) is 12.2. The van der Waals surface area contributed by atoms with Gasteiger partial charge in [0.1, 0.15) is 5.75 Å². The van der Waals surface area contributed by atoms with Gasteiger partial charge in [-0.05, 0) is 56.3 Å². The molecule has 7 nitrogen and oxygen atoms in total. The number of aryl methyl sites for hydroxylation is 1. The summed E-state index contributed by atoms with van der Waals surface area (Å²) in [5, 5.41) is 5.84. The summed E-state index contributed by atoms with van der Waals surface area (Å²) >= 11 is 1.30. The van der Waals surface area contributed by atoms with Crippen molar-refractivity contribution < 1.29 is 14.3 Å². The number of nitrogens with zero attached hydrogens (tertiary/aromatic N) is 2. The normalized spacial score (nSPS) is 11.4. The first kappa shape index (κ1) is 24.9. The topological polar surface area (TPSA) is 93.2 Å². The molecular weight excluding hydrogens is 472 g/mol. The summed E-state index contributed by atoms with van der Waals surface area (Å²) in [7, 11) is 1.55. The van der Waals surface area contributed by atoms with E-state index in [1.54, 1.807) is 43.5 Å². The Kier molecular flexibility index (Phi) is 7.97. The Morgan fingerprint density at radius 1 is 0.889 bits per heavy atom. The maximum atomic E-state index is 12.8. The number of thioether (sulfide) groups is 1. The number of ether oxygens (including phenoxy) is 1. The fourth-order valence-electron chi connectivity index (χ4n) is 3.45. The Bertz CT molecular complexity index is 1360. The Labute approximate surface area is 214 Å². The fraction of sp³-hybridized carbons (Fsp3) is 0.143. The number of aromatic nitrogens is 2. The van der Waals surface area contributed by atoms with Gasteiger partial charge in [-0.2, -0.15) is 0 Å². The number of nitrogens with one attached hydrogen (secondary N) is 2. The predicted octanol–water partition coefficient (Wildman–Crippen LogP) is 5.83. The second-order valence-electron chi connectivity index (χ2n) is 8.02. The lowest BCUT2D eigenvalue weighted by Crippen LogP contribution is -2.22. The van der Waals surface area contributed by atoms with Crippen molar-refractivity contribution in [2.24, 2.45) is 0 Å². The van der Waals surface area contributed by atoms with Crippen molar-refractivity contribution in [2.75, 3.05) is 17.7 Å². The van der Waals surface area contributed by atoms with Crippen LogP contribution in [0.4, 0.5) is 11.4 Å². The molecule has 0 bridgehead atoms. The van der Waals surface area contributed by atoms with E-state index in [9.17, 15) is 9.59 Å². The zero-order valence-electron chi connectivity index (χ0n) is 20.2. The summed E-state index contributed by atoms with van der Waals surface area (Å²) in [5.41, 5.74) is 4.29. The van der Waals surface area contributed by atoms with Gasteiger partial charge in [0.25, 0.3) is 5.91 Å². The van der Waals surface area contributed by atoms with Crippen molar-refractivity contribution in [1.29, 1.82) is 0 Å². The smallest absolute Gasteiger partial charge is 0.255 e. The van der Waals surface area contributed by atoms with Crippen LogP contribution in [0.2, 0.25) is 0 Å². The maximum absolute atomic E-state index is 12.8. The molecule has 36 heavy (non-hydrogen) atoms. The number of benzene rings is 3. The number of carbonyl (C=O) groups is 2. The lowest BCUT2D eigenvalue weighted by atomic mass is 10.1. The minimum absolute atomic E-state index is 0.183. The molecule has 2 amide bonds. The first-order chi connectivity index (χ1) is 17.4. The number of hydrogen-bond donors (Lipinski definition) is 2. The van der Waals surface area contributed by atoms with Gasteiger partial charge in [0.05, 0.1) is 23.7 Å². The number of para-hydroxylation sites is 2. The van der Waals surface area contributed by atoms with Gasteiger partial charge in [-0.15, -0.1) is 0 Å². The molecule has 0 aliphatic heterocycles. The van der Waals surface area contributed by atoms with Crippen LogP contribution in [0.25, 0.3) is 11.3 Å². The van der Waals surface area contributed by atoms with Gasteiger partial charge in [-0.1, -0.05) is 54.2 Å². The van der Waals surface area contributed by atoms with E-state index in [0.29, 0.717) is 27.8 Å². The monoisotopic (exact) mass is 498 g/mol. The van der Waals surface area contributed by atoms with Crippen LogP contribution in [-0.4, -0.2) is 34.1 Å². The first-order valence-electron chi connectivity index (χ1n) is 11.4. The molecule has 1 atom stereocenters. The molecule has 3 aromatic carbocycles. The van der Waals surface area contributed by atoms with E-state index in [1.807, 2.05) is 62.4 Å². The zero-order chi connectivity index (χ0) is 25.5. The molecule has 0 fully saturated rings. The highest BCUT2D eigenvalue weighted by atomic mass is 32.2. The van der Waals surface area contributed by atoms with Crippen LogP contribution < -0.4 is 15.4 Å². The quantitative estimate of drug-likeness (QED) is 0.234. The van der Waals surface area contributed by atoms with Crippen LogP contribution in [0.15, 0.2) is 90.1 Å². The van der Waals surface area contributed by atoms with E-state index < -0.39 is 5.25 Å². The standard InChI is InChI=1S/C28H26N4O3S/c1-18-17-24(20-9-5-4-6-10-20)32-28(29-18)36-19(2)26(33)30-22-15-13-21(14-16-22)27(34)31-23-11-7-8-12-25(23)35-3/h4-17,19H,1-3H3,(H,30,33)(H,31,34). The minimum atomic E-state index is -0.427. The summed E-state index contributed by atoms with van der Waals surface area (Å²) in [6.45, 7) is 3.72. The summed E-state index contributed by atoms with van der Waals surface area (Å²) in [6.07, 6.45) is 0. The van der Waals surface area contributed by atoms with E-state index in [0.717, 1.165) is 17.0 Å². The second kappa shape index (κ2) is 11.5. The van der Waals surface area contributed by atoms with Crippen molar-refractivity contribution in [1.82, 2.24) is 9.97 Å². The Balaban J connectivity index is 1.38. The molecule has 182 valence electrons. The van der Waals surface area contributed by atoms with Gasteiger partial charge >= 0.3 is 0 Å². The highest BCUT2D eigenvalue weighted by Crippen LogP contribution is 2.26. The van der Waals surface area contributed by atoms with Crippen molar-refractivity contribution in [3.63, 3.8) is 0 Å². The third kappa shape index (κ3) is 6.28. The molecule has 0 aliphatic rings. The molecular formula is C28H26N4O3S. The Morgan fingerprint density at radius 2 is 1.58 bits per heavy atom. The third-order valence-electron chi connectivity index (χ3n) is 5.32. The molecule has 0 radical (unpaired) electrons. The van der Waals surface area contributed by atoms with Gasteiger partial charge in [0.2, 0.25) is 5.91 Å². The van der Waals surface area contributed by atoms with Gasteiger partial charge in [-0.25, -0.2) is 9.97 Å². The average Bonchev–Trinajstić information content (AvgIpc) is 2.89. The van der Waals surface area contributed by atoms with Crippen LogP contribution in [0.1, 0.15) is 23.0 Å². The summed E-state index contributed by atoms with van der Waals surface area (Å²) in [5.74, 6) is 0.124. The summed E-state index contributed by atoms with van der Waals surface area (Å²) in [6, 6.07) is 25.7. The SMILES string of the molecule is COc1ccccc1NC(=O)c1ccc(NC(=O)C(C)Sc2nc(C)cc(-c3ccccc3)n2)cc1. The van der Waals surface area contributed by atoms with E-state index in [2.05, 4.69) is 20.6 Å². The van der Waals surface area contributed by atoms with E-state index in [4.69, 9.17) is 4.74 Å². The van der Waals surface area contributed by atoms with E-state index in [-0.39, 0.29) is 11.8 Å². The molecule has 0 saturated carbocycles. The lowest BCUT2D eigenvalue weighted by molar-refractivity contribution is -0.115. The number of hydrogen-bond acceptors (Lipinski definition) is 6. The number of methoxy groups -OCH3 is 1. The van der Waals surface area contributed by atoms with E-state index >= 15 is 0 Å². The number of amides is 2. The highest BCUT2D eigenvalue weighted by Gasteiger charge is 2.18. The second-order valence-corrected chi connectivity index (χ2v) is 9.33. The zero-order valence-corrected chi connectivity index (χ0v) is 21.0. The predicted molar refractivity (Wildman–Crippen MR) is 144 cm³/mol. The fourth-order valence-corrected chi connectivity index (χ4v) is 4.28. The maximum Gasteiger partial charge on any atom is 0.255 e. The van der Waals surface area contributed by atoms with Crippen molar-refractivity contribution in [3.8, 4) is 17.0 Å². The van der Waals surface area contributed by atoms with Crippen LogP contribution in [0.5, 0.6) is 5.75 Å². The molecule has 1 unspecified atom stereocenters. The molecule has 0 saturated heterocycles. The molecule has 1 aromatic heterocycles. The molecule has 4 rings (SSSR count). The van der Waals surface area contributed by atoms with Gasteiger partial charge in [0, 0.05) is 22.5 Å². The molecule has 0 aliphatic carbocycles. The largest absolute Gasteiger partial charge is 0.495 e. The van der Waals surface area contributed by atoms with Gasteiger partial charge < -0.3 is 15.4 Å². The number of rotatable bonds is 8. The molecule has 8 heteroatoms. The Hall–Kier alpha value is -4.17. The van der Waals surface area contributed by atoms with Crippen molar-refractivity contribution >= 4 is 35.0 Å². The van der Waals surface area contributed by atoms with Gasteiger partial charge in [0.15, 0.2) is 5.16 Å². The van der Waals surface area contributed by atoms with Gasteiger partial charge in [-0.3, -0.25) is 9.59 Å². The summed E-state index contributed by atoms with van der Waals surface area (Å²) < 4.78 is 5.27. The average molecular weight is 499 g/mol. The van der Waals surface area contributed by atoms with Crippen molar-refractivity contribution in [2.45, 2.75) is 24.3 Å². The van der Waals surface area contributed by atoms with Crippen LogP contribution >= 0.6 is 11.8 Å². The molecule has 4 aromatic rings. The number of carbonyl (C=O) groups excluding carboxylic acids is 2. The van der Waals surface area contributed by atoms with E-state index in [1.165, 1.54) is 11.8 Å². The van der Waals surface area contributed by atoms with Crippen LogP contribution in [0.3, 0.4) is 0 Å². The lowest BCUT2D eigenvalue weighted by Gasteiger charge is -2.13. The van der Waals surface area contributed by atoms with Crippen molar-refractivity contribution in [3.05, 3.63) is 96.2 Å². The highest BCUT2D eigenvalue weighted by molar-refractivity contribution is 8.00. The minimum Gasteiger partial charge on any atom is -0.495 e. The van der Waals surface area contributed by atoms with Crippen LogP contribution in [-0.2, 0) is 4.79 Å². The molecule has 1 heterocycles. The number of anilines is 2. The molecule has 0 spiro atoms.